The van der Waals surface area contributed by atoms with E-state index in [-0.39, 0.29) is 12.0 Å². The predicted octanol–water partition coefficient (Wildman–Crippen LogP) is 2.96. The number of aromatic nitrogens is 1. The molecule has 1 aliphatic heterocycles. The molecule has 0 bridgehead atoms. The van der Waals surface area contributed by atoms with Crippen molar-refractivity contribution in [1.82, 2.24) is 9.88 Å². The van der Waals surface area contributed by atoms with Gasteiger partial charge in [0, 0.05) is 30.4 Å². The van der Waals surface area contributed by atoms with E-state index in [0.717, 1.165) is 36.9 Å². The molecule has 2 rings (SSSR count). The summed E-state index contributed by atoms with van der Waals surface area (Å²) in [6.45, 7) is 4.38. The van der Waals surface area contributed by atoms with Gasteiger partial charge in [0.15, 0.2) is 0 Å². The first-order valence-corrected chi connectivity index (χ1v) is 7.75. The number of hydrogen-bond acceptors (Lipinski definition) is 2. The Morgan fingerprint density at radius 3 is 3.11 bits per heavy atom. The number of aryl methyl sites for hydroxylation is 1. The van der Waals surface area contributed by atoms with Crippen molar-refractivity contribution in [2.45, 2.75) is 45.3 Å². The van der Waals surface area contributed by atoms with Gasteiger partial charge in [-0.2, -0.15) is 0 Å². The molecule has 0 aromatic carbocycles. The van der Waals surface area contributed by atoms with Gasteiger partial charge in [0.25, 0.3) is 5.91 Å². The van der Waals surface area contributed by atoms with Gasteiger partial charge in [-0.05, 0) is 47.7 Å². The van der Waals surface area contributed by atoms with Crippen LogP contribution in [-0.4, -0.2) is 29.7 Å². The Kier molecular flexibility index (Phi) is 5.45. The second-order valence-electron chi connectivity index (χ2n) is 4.94. The van der Waals surface area contributed by atoms with Crippen molar-refractivity contribution < 1.29 is 9.53 Å². The highest BCUT2D eigenvalue weighted by atomic mass is 79.9. The maximum Gasteiger partial charge on any atom is 0.268 e. The number of carbonyl (C=O) groups is 1. The second-order valence-corrected chi connectivity index (χ2v) is 5.85. The zero-order valence-electron chi connectivity index (χ0n) is 11.3. The standard InChI is InChI=1S/C14H21BrN2O2/c1-2-6-17-10-11(15)8-13(17)14(18)16-9-12-5-3-4-7-19-12/h8,10,12H,2-7,9H2,1H3,(H,16,18). The van der Waals surface area contributed by atoms with E-state index in [1.165, 1.54) is 6.42 Å². The molecule has 4 nitrogen and oxygen atoms in total. The van der Waals surface area contributed by atoms with Crippen LogP contribution in [0.25, 0.3) is 0 Å². The minimum absolute atomic E-state index is 0.0201. The van der Waals surface area contributed by atoms with E-state index < -0.39 is 0 Å². The van der Waals surface area contributed by atoms with Gasteiger partial charge in [0.2, 0.25) is 0 Å². The zero-order valence-corrected chi connectivity index (χ0v) is 12.9. The van der Waals surface area contributed by atoms with Crippen molar-refractivity contribution in [3.8, 4) is 0 Å². The van der Waals surface area contributed by atoms with Crippen LogP contribution in [0.1, 0.15) is 43.1 Å². The molecule has 19 heavy (non-hydrogen) atoms. The average molecular weight is 329 g/mol. The molecule has 1 amide bonds. The van der Waals surface area contributed by atoms with Crippen LogP contribution in [0.5, 0.6) is 0 Å². The number of halogens is 1. The SMILES string of the molecule is CCCn1cc(Br)cc1C(=O)NCC1CCCCO1. The predicted molar refractivity (Wildman–Crippen MR) is 78.3 cm³/mol. The Balaban J connectivity index is 1.91. The average Bonchev–Trinajstić information content (AvgIpc) is 2.79. The molecule has 1 atom stereocenters. The molecule has 1 aromatic rings. The molecule has 0 saturated carbocycles. The van der Waals surface area contributed by atoms with E-state index in [2.05, 4.69) is 28.2 Å². The van der Waals surface area contributed by atoms with Gasteiger partial charge in [-0.15, -0.1) is 0 Å². The first kappa shape index (κ1) is 14.6. The van der Waals surface area contributed by atoms with Gasteiger partial charge in [0.1, 0.15) is 5.69 Å². The van der Waals surface area contributed by atoms with E-state index in [4.69, 9.17) is 4.74 Å². The fourth-order valence-electron chi connectivity index (χ4n) is 2.36. The Hall–Kier alpha value is -0.810. The van der Waals surface area contributed by atoms with E-state index >= 15 is 0 Å². The van der Waals surface area contributed by atoms with Crippen molar-refractivity contribution in [2.75, 3.05) is 13.2 Å². The monoisotopic (exact) mass is 328 g/mol. The lowest BCUT2D eigenvalue weighted by atomic mass is 10.1. The van der Waals surface area contributed by atoms with Gasteiger partial charge < -0.3 is 14.6 Å². The molecule has 0 aliphatic carbocycles. The third kappa shape index (κ3) is 4.08. The number of ether oxygens (including phenoxy) is 1. The van der Waals surface area contributed by atoms with Gasteiger partial charge in [-0.25, -0.2) is 0 Å². The number of carbonyl (C=O) groups excluding carboxylic acids is 1. The molecule has 1 saturated heterocycles. The summed E-state index contributed by atoms with van der Waals surface area (Å²) in [5.41, 5.74) is 0.713. The highest BCUT2D eigenvalue weighted by molar-refractivity contribution is 9.10. The lowest BCUT2D eigenvalue weighted by Gasteiger charge is -2.22. The highest BCUT2D eigenvalue weighted by Crippen LogP contribution is 2.16. The van der Waals surface area contributed by atoms with Crippen molar-refractivity contribution in [3.05, 3.63) is 22.4 Å². The Labute approximate surface area is 122 Å². The summed E-state index contributed by atoms with van der Waals surface area (Å²) in [5.74, 6) is -0.0201. The summed E-state index contributed by atoms with van der Waals surface area (Å²) in [6, 6.07) is 1.87. The molecule has 5 heteroatoms. The lowest BCUT2D eigenvalue weighted by molar-refractivity contribution is 0.0168. The topological polar surface area (TPSA) is 43.3 Å². The lowest BCUT2D eigenvalue weighted by Crippen LogP contribution is -2.36. The van der Waals surface area contributed by atoms with Crippen LogP contribution in [0.4, 0.5) is 0 Å². The normalized spacial score (nSPS) is 19.4. The molecule has 106 valence electrons. The van der Waals surface area contributed by atoms with E-state index in [0.29, 0.717) is 12.2 Å². The van der Waals surface area contributed by atoms with Crippen LogP contribution < -0.4 is 5.32 Å². The van der Waals surface area contributed by atoms with Crippen LogP contribution in [0.15, 0.2) is 16.7 Å². The first-order chi connectivity index (χ1) is 9.20. The summed E-state index contributed by atoms with van der Waals surface area (Å²) in [5, 5.41) is 2.98. The van der Waals surface area contributed by atoms with E-state index in [1.54, 1.807) is 0 Å². The Morgan fingerprint density at radius 2 is 2.42 bits per heavy atom. The first-order valence-electron chi connectivity index (χ1n) is 6.96. The summed E-state index contributed by atoms with van der Waals surface area (Å²) in [7, 11) is 0. The van der Waals surface area contributed by atoms with Gasteiger partial charge >= 0.3 is 0 Å². The number of amides is 1. The van der Waals surface area contributed by atoms with Crippen LogP contribution in [0.2, 0.25) is 0 Å². The number of hydrogen-bond donors (Lipinski definition) is 1. The fourth-order valence-corrected chi connectivity index (χ4v) is 2.82. The molecule has 2 heterocycles. The molecule has 1 aromatic heterocycles. The van der Waals surface area contributed by atoms with Crippen LogP contribution in [-0.2, 0) is 11.3 Å². The van der Waals surface area contributed by atoms with Crippen molar-refractivity contribution in [3.63, 3.8) is 0 Å². The maximum atomic E-state index is 12.2. The number of nitrogens with one attached hydrogen (secondary N) is 1. The molecular weight excluding hydrogens is 308 g/mol. The molecule has 1 N–H and O–H groups in total. The largest absolute Gasteiger partial charge is 0.376 e. The molecule has 1 aliphatic rings. The van der Waals surface area contributed by atoms with Crippen molar-refractivity contribution >= 4 is 21.8 Å². The van der Waals surface area contributed by atoms with Gasteiger partial charge in [-0.3, -0.25) is 4.79 Å². The number of nitrogens with zero attached hydrogens (tertiary/aromatic N) is 1. The summed E-state index contributed by atoms with van der Waals surface area (Å²) in [4.78, 5) is 12.2. The van der Waals surface area contributed by atoms with Gasteiger partial charge in [0.05, 0.1) is 6.10 Å². The smallest absolute Gasteiger partial charge is 0.268 e. The minimum Gasteiger partial charge on any atom is -0.376 e. The second kappa shape index (κ2) is 7.10. The Morgan fingerprint density at radius 1 is 1.58 bits per heavy atom. The minimum atomic E-state index is -0.0201. The summed E-state index contributed by atoms with van der Waals surface area (Å²) < 4.78 is 8.55. The summed E-state index contributed by atoms with van der Waals surface area (Å²) >= 11 is 3.42. The molecule has 1 unspecified atom stereocenters. The van der Waals surface area contributed by atoms with Crippen molar-refractivity contribution in [1.29, 1.82) is 0 Å². The molecule has 1 fully saturated rings. The van der Waals surface area contributed by atoms with E-state index in [9.17, 15) is 4.79 Å². The highest BCUT2D eigenvalue weighted by Gasteiger charge is 2.17. The van der Waals surface area contributed by atoms with E-state index in [1.807, 2.05) is 16.8 Å². The quantitative estimate of drug-likeness (QED) is 0.903. The van der Waals surface area contributed by atoms with Gasteiger partial charge in [-0.1, -0.05) is 6.92 Å². The van der Waals surface area contributed by atoms with Crippen LogP contribution in [0, 0.1) is 0 Å². The third-order valence-corrected chi connectivity index (χ3v) is 3.76. The zero-order chi connectivity index (χ0) is 13.7. The van der Waals surface area contributed by atoms with Crippen molar-refractivity contribution in [2.24, 2.45) is 0 Å². The Bertz CT molecular complexity index is 425. The van der Waals surface area contributed by atoms with Crippen LogP contribution in [0.3, 0.4) is 0 Å². The fraction of sp³-hybridized carbons (Fsp3) is 0.643. The third-order valence-electron chi connectivity index (χ3n) is 3.32. The summed E-state index contributed by atoms with van der Waals surface area (Å²) in [6.07, 6.45) is 6.51. The molecule has 0 radical (unpaired) electrons. The maximum absolute atomic E-state index is 12.2. The molecular formula is C14H21BrN2O2. The molecule has 0 spiro atoms. The van der Waals surface area contributed by atoms with Crippen LogP contribution >= 0.6 is 15.9 Å². The number of rotatable bonds is 5.